The van der Waals surface area contributed by atoms with Crippen molar-refractivity contribution in [2.75, 3.05) is 5.73 Å². The van der Waals surface area contributed by atoms with Crippen molar-refractivity contribution in [3.8, 4) is 11.6 Å². The molecule has 0 saturated heterocycles. The molecule has 128 valence electrons. The van der Waals surface area contributed by atoms with E-state index in [1.54, 1.807) is 17.5 Å². The van der Waals surface area contributed by atoms with Gasteiger partial charge in [0.15, 0.2) is 12.2 Å². The zero-order valence-electron chi connectivity index (χ0n) is 13.3. The molecule has 0 atom stereocenters. The van der Waals surface area contributed by atoms with Gasteiger partial charge in [-0.05, 0) is 37.5 Å². The fraction of sp³-hybridized carbons (Fsp3) is 0.176. The van der Waals surface area contributed by atoms with Crippen LogP contribution in [0.15, 0.2) is 47.5 Å². The number of hydrogen-bond acceptors (Lipinski definition) is 7. The summed E-state index contributed by atoms with van der Waals surface area (Å²) < 4.78 is 5.25. The third-order valence-electron chi connectivity index (χ3n) is 3.71. The molecule has 0 unspecified atom stereocenters. The van der Waals surface area contributed by atoms with Crippen molar-refractivity contribution in [1.82, 2.24) is 19.9 Å². The van der Waals surface area contributed by atoms with Crippen LogP contribution in [0, 0.1) is 0 Å². The number of thiophene rings is 1. The Morgan fingerprint density at radius 3 is 2.84 bits per heavy atom. The van der Waals surface area contributed by atoms with Crippen molar-refractivity contribution in [2.45, 2.75) is 19.3 Å². The first-order valence-electron chi connectivity index (χ1n) is 7.64. The summed E-state index contributed by atoms with van der Waals surface area (Å²) >= 11 is 1.64. The van der Waals surface area contributed by atoms with Crippen molar-refractivity contribution in [3.63, 3.8) is 0 Å². The van der Waals surface area contributed by atoms with E-state index in [2.05, 4.69) is 32.1 Å². The predicted molar refractivity (Wildman–Crippen MR) is 101 cm³/mol. The van der Waals surface area contributed by atoms with Crippen LogP contribution in [0.25, 0.3) is 21.8 Å². The summed E-state index contributed by atoms with van der Waals surface area (Å²) in [5, 5.41) is 0.899. The average molecular weight is 374 g/mol. The van der Waals surface area contributed by atoms with E-state index in [-0.39, 0.29) is 12.4 Å². The molecular weight excluding hydrogens is 358 g/mol. The summed E-state index contributed by atoms with van der Waals surface area (Å²) in [7, 11) is 0. The van der Waals surface area contributed by atoms with Crippen LogP contribution in [0.3, 0.4) is 0 Å². The molecule has 0 saturated carbocycles. The molecule has 0 fully saturated rings. The van der Waals surface area contributed by atoms with Crippen LogP contribution in [0.2, 0.25) is 0 Å². The Hall–Kier alpha value is -2.51. The molecule has 0 spiro atoms. The molecule has 4 aromatic heterocycles. The number of aromatic nitrogens is 4. The van der Waals surface area contributed by atoms with Crippen LogP contribution < -0.4 is 5.73 Å². The van der Waals surface area contributed by atoms with Crippen LogP contribution in [-0.4, -0.2) is 19.9 Å². The number of aryl methyl sites for hydroxylation is 2. The molecule has 4 aromatic rings. The van der Waals surface area contributed by atoms with Crippen LogP contribution in [0.4, 0.5) is 5.82 Å². The van der Waals surface area contributed by atoms with Gasteiger partial charge in [0.1, 0.15) is 10.6 Å². The second-order valence-corrected chi connectivity index (χ2v) is 6.52. The average Bonchev–Trinajstić information content (AvgIpc) is 3.25. The number of nitrogens with two attached hydrogens (primary N) is 1. The third-order valence-corrected chi connectivity index (χ3v) is 4.80. The van der Waals surface area contributed by atoms with Gasteiger partial charge in [-0.3, -0.25) is 4.98 Å². The van der Waals surface area contributed by atoms with Crippen LogP contribution >= 0.6 is 23.7 Å². The number of nitrogens with zero attached hydrogens (tertiary/aromatic N) is 4. The standard InChI is InChI=1S/C17H15N5OS.ClH/c18-15-13-8-12(6-3-5-11-4-1-2-7-20-11)24-17(13)22-16(21-15)14-9-19-10-23-14;/h1-2,4,7-10H,3,5-6H2,(H2,18,21,22);1H. The summed E-state index contributed by atoms with van der Waals surface area (Å²) in [5.41, 5.74) is 7.20. The minimum atomic E-state index is 0. The van der Waals surface area contributed by atoms with Crippen molar-refractivity contribution in [1.29, 1.82) is 0 Å². The van der Waals surface area contributed by atoms with Gasteiger partial charge in [0.25, 0.3) is 0 Å². The first-order chi connectivity index (χ1) is 11.8. The van der Waals surface area contributed by atoms with Crippen molar-refractivity contribution < 1.29 is 4.42 Å². The minimum absolute atomic E-state index is 0. The lowest BCUT2D eigenvalue weighted by Crippen LogP contribution is -1.95. The molecule has 4 heterocycles. The summed E-state index contributed by atoms with van der Waals surface area (Å²) in [6, 6.07) is 8.09. The number of halogens is 1. The van der Waals surface area contributed by atoms with E-state index in [0.29, 0.717) is 17.4 Å². The highest BCUT2D eigenvalue weighted by Gasteiger charge is 2.13. The number of oxazole rings is 1. The fourth-order valence-electron chi connectivity index (χ4n) is 2.54. The van der Waals surface area contributed by atoms with E-state index in [9.17, 15) is 0 Å². The molecule has 25 heavy (non-hydrogen) atoms. The van der Waals surface area contributed by atoms with Gasteiger partial charge in [-0.2, -0.15) is 0 Å². The fourth-order valence-corrected chi connectivity index (χ4v) is 3.62. The highest BCUT2D eigenvalue weighted by atomic mass is 35.5. The maximum absolute atomic E-state index is 6.08. The summed E-state index contributed by atoms with van der Waals surface area (Å²) in [6.07, 6.45) is 7.73. The number of fused-ring (bicyclic) bond motifs is 1. The number of hydrogen-bond donors (Lipinski definition) is 1. The molecule has 6 nitrogen and oxygen atoms in total. The van der Waals surface area contributed by atoms with E-state index < -0.39 is 0 Å². The summed E-state index contributed by atoms with van der Waals surface area (Å²) in [6.45, 7) is 0. The number of pyridine rings is 1. The maximum Gasteiger partial charge on any atom is 0.200 e. The van der Waals surface area contributed by atoms with Gasteiger partial charge >= 0.3 is 0 Å². The Balaban J connectivity index is 0.00000182. The Bertz CT molecular complexity index is 956. The quantitative estimate of drug-likeness (QED) is 0.570. The van der Waals surface area contributed by atoms with E-state index in [0.717, 1.165) is 35.2 Å². The molecule has 0 bridgehead atoms. The molecule has 0 amide bonds. The van der Waals surface area contributed by atoms with Gasteiger partial charge < -0.3 is 10.2 Å². The normalized spacial score (nSPS) is 10.7. The predicted octanol–water partition coefficient (Wildman–Crippen LogP) is 3.92. The van der Waals surface area contributed by atoms with Gasteiger partial charge in [0, 0.05) is 16.8 Å². The zero-order valence-corrected chi connectivity index (χ0v) is 14.9. The highest BCUT2D eigenvalue weighted by molar-refractivity contribution is 7.18. The van der Waals surface area contributed by atoms with Crippen molar-refractivity contribution >= 4 is 39.8 Å². The van der Waals surface area contributed by atoms with Gasteiger partial charge in [-0.1, -0.05) is 6.07 Å². The molecular formula is C17H16ClN5OS. The monoisotopic (exact) mass is 373 g/mol. The van der Waals surface area contributed by atoms with Crippen LogP contribution in [-0.2, 0) is 12.8 Å². The lowest BCUT2D eigenvalue weighted by molar-refractivity contribution is 0.568. The molecule has 0 aromatic carbocycles. The van der Waals surface area contributed by atoms with Crippen molar-refractivity contribution in [2.24, 2.45) is 0 Å². The topological polar surface area (TPSA) is 90.7 Å². The van der Waals surface area contributed by atoms with Gasteiger partial charge in [-0.25, -0.2) is 15.0 Å². The second kappa shape index (κ2) is 7.58. The lowest BCUT2D eigenvalue weighted by atomic mass is 10.1. The first-order valence-corrected chi connectivity index (χ1v) is 8.46. The molecule has 0 aliphatic carbocycles. The molecule has 0 aliphatic rings. The molecule has 4 rings (SSSR count). The van der Waals surface area contributed by atoms with Gasteiger partial charge in [0.2, 0.25) is 5.82 Å². The lowest BCUT2D eigenvalue weighted by Gasteiger charge is -1.98. The number of rotatable bonds is 5. The van der Waals surface area contributed by atoms with E-state index in [1.807, 2.05) is 18.3 Å². The van der Waals surface area contributed by atoms with Crippen molar-refractivity contribution in [3.05, 3.63) is 53.6 Å². The minimum Gasteiger partial charge on any atom is -0.440 e. The van der Waals surface area contributed by atoms with E-state index >= 15 is 0 Å². The Kier molecular flexibility index (Phi) is 5.25. The summed E-state index contributed by atoms with van der Waals surface area (Å²) in [5.74, 6) is 1.46. The SMILES string of the molecule is Cl.Nc1nc(-c2cnco2)nc2sc(CCCc3ccccn3)cc12. The smallest absolute Gasteiger partial charge is 0.200 e. The molecule has 2 N–H and O–H groups in total. The van der Waals surface area contributed by atoms with Crippen LogP contribution in [0.5, 0.6) is 0 Å². The second-order valence-electron chi connectivity index (χ2n) is 5.40. The van der Waals surface area contributed by atoms with Gasteiger partial charge in [0.05, 0.1) is 11.6 Å². The summed E-state index contributed by atoms with van der Waals surface area (Å²) in [4.78, 5) is 19.2. The van der Waals surface area contributed by atoms with Gasteiger partial charge in [-0.15, -0.1) is 23.7 Å². The number of nitrogen functional groups attached to an aromatic ring is 1. The molecule has 8 heteroatoms. The number of anilines is 1. The Morgan fingerprint density at radius 1 is 1.16 bits per heavy atom. The first kappa shape index (κ1) is 17.3. The highest BCUT2D eigenvalue weighted by Crippen LogP contribution is 2.30. The molecule has 0 aliphatic heterocycles. The van der Waals surface area contributed by atoms with E-state index in [4.69, 9.17) is 10.2 Å². The largest absolute Gasteiger partial charge is 0.440 e. The zero-order chi connectivity index (χ0) is 16.4. The van der Waals surface area contributed by atoms with Crippen LogP contribution in [0.1, 0.15) is 17.0 Å². The maximum atomic E-state index is 6.08. The third kappa shape index (κ3) is 3.78. The Morgan fingerprint density at radius 2 is 2.08 bits per heavy atom. The molecule has 0 radical (unpaired) electrons. The van der Waals surface area contributed by atoms with E-state index in [1.165, 1.54) is 11.3 Å². The Labute approximate surface area is 154 Å².